The van der Waals surface area contributed by atoms with E-state index >= 15 is 0 Å². The highest BCUT2D eigenvalue weighted by molar-refractivity contribution is 5.02. The van der Waals surface area contributed by atoms with E-state index in [0.29, 0.717) is 13.2 Å². The van der Waals surface area contributed by atoms with Gasteiger partial charge in [0.25, 0.3) is 0 Å². The average Bonchev–Trinajstić information content (AvgIpc) is 2.24. The van der Waals surface area contributed by atoms with Crippen LogP contribution in [0.1, 0.15) is 12.6 Å². The van der Waals surface area contributed by atoms with Crippen LogP contribution in [0.2, 0.25) is 0 Å². The van der Waals surface area contributed by atoms with E-state index in [2.05, 4.69) is 16.9 Å². The molecule has 0 aliphatic heterocycles. The maximum absolute atomic E-state index is 5.35. The minimum absolute atomic E-state index is 0.644. The summed E-state index contributed by atoms with van der Waals surface area (Å²) in [6.07, 6.45) is 1.80. The van der Waals surface area contributed by atoms with Crippen LogP contribution in [0.25, 0.3) is 0 Å². The summed E-state index contributed by atoms with van der Waals surface area (Å²) in [4.78, 5) is 4.21. The summed E-state index contributed by atoms with van der Waals surface area (Å²) in [7, 11) is 0. The largest absolute Gasteiger partial charge is 0.376 e. The van der Waals surface area contributed by atoms with Crippen molar-refractivity contribution in [3.8, 4) is 0 Å². The first-order valence-electron chi connectivity index (χ1n) is 5.12. The first-order chi connectivity index (χ1) is 7.29. The molecule has 1 aromatic rings. The van der Waals surface area contributed by atoms with Gasteiger partial charge in [-0.2, -0.15) is 0 Å². The third-order valence-corrected chi connectivity index (χ3v) is 1.80. The molecule has 0 radical (unpaired) electrons. The molecule has 0 aliphatic rings. The van der Waals surface area contributed by atoms with E-state index in [1.807, 2.05) is 25.1 Å². The third-order valence-electron chi connectivity index (χ3n) is 1.80. The molecule has 0 unspecified atom stereocenters. The van der Waals surface area contributed by atoms with Crippen LogP contribution in [0.5, 0.6) is 0 Å². The van der Waals surface area contributed by atoms with E-state index in [9.17, 15) is 0 Å². The lowest BCUT2D eigenvalue weighted by Crippen LogP contribution is -2.20. The van der Waals surface area contributed by atoms with Crippen LogP contribution in [-0.4, -0.2) is 24.7 Å². The van der Waals surface area contributed by atoms with Crippen molar-refractivity contribution in [1.29, 1.82) is 0 Å². The van der Waals surface area contributed by atoms with E-state index in [-0.39, 0.29) is 0 Å². The fourth-order valence-electron chi connectivity index (χ4n) is 1.11. The normalized spacial score (nSPS) is 10.2. The number of hydrogen-bond donors (Lipinski definition) is 1. The molecule has 0 amide bonds. The van der Waals surface area contributed by atoms with E-state index < -0.39 is 0 Å². The zero-order valence-electron chi connectivity index (χ0n) is 9.20. The summed E-state index contributed by atoms with van der Waals surface area (Å²) in [5.41, 5.74) is 2.11. The van der Waals surface area contributed by atoms with Crippen molar-refractivity contribution < 1.29 is 4.74 Å². The fourth-order valence-corrected chi connectivity index (χ4v) is 1.11. The smallest absolute Gasteiger partial charge is 0.0672 e. The molecule has 0 saturated heterocycles. The average molecular weight is 206 g/mol. The Balaban J connectivity index is 2.00. The molecule has 0 bridgehead atoms. The van der Waals surface area contributed by atoms with Crippen LogP contribution in [0, 0.1) is 0 Å². The van der Waals surface area contributed by atoms with Gasteiger partial charge in [-0.05, 0) is 19.1 Å². The highest BCUT2D eigenvalue weighted by Gasteiger charge is 1.92. The number of nitrogens with one attached hydrogen (secondary N) is 1. The van der Waals surface area contributed by atoms with Crippen molar-refractivity contribution in [3.05, 3.63) is 42.2 Å². The van der Waals surface area contributed by atoms with Crippen molar-refractivity contribution in [1.82, 2.24) is 10.3 Å². The van der Waals surface area contributed by atoms with Crippen LogP contribution < -0.4 is 5.32 Å². The molecule has 0 aromatic carbocycles. The molecule has 0 saturated carbocycles. The molecular formula is C12H18N2O. The molecule has 0 spiro atoms. The first kappa shape index (κ1) is 11.9. The fraction of sp³-hybridized carbons (Fsp3) is 0.417. The molecule has 1 rings (SSSR count). The van der Waals surface area contributed by atoms with Gasteiger partial charge in [-0.15, -0.1) is 0 Å². The van der Waals surface area contributed by atoms with Crippen LogP contribution in [0.15, 0.2) is 36.5 Å². The number of ether oxygens (including phenoxy) is 1. The quantitative estimate of drug-likeness (QED) is 0.545. The van der Waals surface area contributed by atoms with Gasteiger partial charge in [-0.25, -0.2) is 0 Å². The minimum Gasteiger partial charge on any atom is -0.376 e. The standard InChI is InChI=1S/C12H18N2O/c1-11(2)10-15-8-7-13-9-12-5-3-4-6-14-12/h3-6,13H,1,7-10H2,2H3. The van der Waals surface area contributed by atoms with E-state index in [4.69, 9.17) is 4.74 Å². The molecule has 0 fully saturated rings. The van der Waals surface area contributed by atoms with Gasteiger partial charge in [0.05, 0.1) is 18.9 Å². The first-order valence-corrected chi connectivity index (χ1v) is 5.12. The highest BCUT2D eigenvalue weighted by atomic mass is 16.5. The van der Waals surface area contributed by atoms with Crippen LogP contribution in [-0.2, 0) is 11.3 Å². The summed E-state index contributed by atoms with van der Waals surface area (Å²) in [5, 5.41) is 3.26. The highest BCUT2D eigenvalue weighted by Crippen LogP contribution is 1.91. The van der Waals surface area contributed by atoms with Gasteiger partial charge >= 0.3 is 0 Å². The molecular weight excluding hydrogens is 188 g/mol. The molecule has 15 heavy (non-hydrogen) atoms. The van der Waals surface area contributed by atoms with Gasteiger partial charge in [0.1, 0.15) is 0 Å². The van der Waals surface area contributed by atoms with Crippen molar-refractivity contribution in [2.24, 2.45) is 0 Å². The molecule has 1 aromatic heterocycles. The van der Waals surface area contributed by atoms with Crippen molar-refractivity contribution in [3.63, 3.8) is 0 Å². The maximum atomic E-state index is 5.35. The molecule has 1 heterocycles. The zero-order valence-corrected chi connectivity index (χ0v) is 9.20. The lowest BCUT2D eigenvalue weighted by Gasteiger charge is -2.05. The predicted octanol–water partition coefficient (Wildman–Crippen LogP) is 1.76. The molecule has 1 N–H and O–H groups in total. The molecule has 0 aliphatic carbocycles. The Hall–Kier alpha value is -1.19. The predicted molar refractivity (Wildman–Crippen MR) is 61.6 cm³/mol. The van der Waals surface area contributed by atoms with Gasteiger partial charge in [-0.3, -0.25) is 4.98 Å². The Morgan fingerprint density at radius 1 is 1.53 bits per heavy atom. The summed E-state index contributed by atoms with van der Waals surface area (Å²) in [6.45, 7) is 8.70. The third kappa shape index (κ3) is 5.99. The molecule has 0 atom stereocenters. The Bertz CT molecular complexity index is 285. The zero-order chi connectivity index (χ0) is 10.9. The maximum Gasteiger partial charge on any atom is 0.0672 e. The summed E-state index contributed by atoms with van der Waals surface area (Å²) in [5.74, 6) is 0. The van der Waals surface area contributed by atoms with E-state index in [0.717, 1.165) is 24.4 Å². The van der Waals surface area contributed by atoms with Gasteiger partial charge < -0.3 is 10.1 Å². The van der Waals surface area contributed by atoms with Gasteiger partial charge in [0.15, 0.2) is 0 Å². The lowest BCUT2D eigenvalue weighted by atomic mass is 10.3. The second-order valence-corrected chi connectivity index (χ2v) is 3.51. The monoisotopic (exact) mass is 206 g/mol. The second kappa shape index (κ2) is 7.15. The summed E-state index contributed by atoms with van der Waals surface area (Å²) >= 11 is 0. The van der Waals surface area contributed by atoms with Crippen LogP contribution >= 0.6 is 0 Å². The lowest BCUT2D eigenvalue weighted by molar-refractivity contribution is 0.157. The molecule has 3 nitrogen and oxygen atoms in total. The summed E-state index contributed by atoms with van der Waals surface area (Å²) < 4.78 is 5.35. The van der Waals surface area contributed by atoms with Crippen LogP contribution in [0.3, 0.4) is 0 Å². The minimum atomic E-state index is 0.644. The number of aromatic nitrogens is 1. The molecule has 3 heteroatoms. The van der Waals surface area contributed by atoms with Gasteiger partial charge in [0, 0.05) is 19.3 Å². The topological polar surface area (TPSA) is 34.1 Å². The van der Waals surface area contributed by atoms with Crippen molar-refractivity contribution >= 4 is 0 Å². The van der Waals surface area contributed by atoms with Crippen LogP contribution in [0.4, 0.5) is 0 Å². The van der Waals surface area contributed by atoms with E-state index in [1.165, 1.54) is 0 Å². The number of rotatable bonds is 7. The second-order valence-electron chi connectivity index (χ2n) is 3.51. The summed E-state index contributed by atoms with van der Waals surface area (Å²) in [6, 6.07) is 5.91. The number of nitrogens with zero attached hydrogens (tertiary/aromatic N) is 1. The number of pyridine rings is 1. The molecule has 82 valence electrons. The van der Waals surface area contributed by atoms with Gasteiger partial charge in [0.2, 0.25) is 0 Å². The number of hydrogen-bond acceptors (Lipinski definition) is 3. The van der Waals surface area contributed by atoms with Crippen molar-refractivity contribution in [2.45, 2.75) is 13.5 Å². The Labute approximate surface area is 91.2 Å². The Morgan fingerprint density at radius 2 is 2.40 bits per heavy atom. The Kier molecular flexibility index (Phi) is 5.66. The van der Waals surface area contributed by atoms with E-state index in [1.54, 1.807) is 6.20 Å². The van der Waals surface area contributed by atoms with Crippen molar-refractivity contribution in [2.75, 3.05) is 19.8 Å². The van der Waals surface area contributed by atoms with Gasteiger partial charge in [-0.1, -0.05) is 18.2 Å². The SMILES string of the molecule is C=C(C)COCCNCc1ccccn1. The Morgan fingerprint density at radius 3 is 3.07 bits per heavy atom.